The predicted octanol–water partition coefficient (Wildman–Crippen LogP) is 2.97. The van der Waals surface area contributed by atoms with Crippen molar-refractivity contribution >= 4 is 5.91 Å². The normalized spacial score (nSPS) is 18.3. The van der Waals surface area contributed by atoms with Crippen LogP contribution >= 0.6 is 0 Å². The minimum absolute atomic E-state index is 0.0503. The molecule has 2 atom stereocenters. The Morgan fingerprint density at radius 1 is 1.17 bits per heavy atom. The van der Waals surface area contributed by atoms with Crippen LogP contribution in [0.2, 0.25) is 0 Å². The summed E-state index contributed by atoms with van der Waals surface area (Å²) in [6.45, 7) is 1.48. The number of halogens is 2. The number of hydrogen-bond acceptors (Lipinski definition) is 2. The average molecular weight is 330 g/mol. The molecule has 2 aromatic carbocycles. The van der Waals surface area contributed by atoms with Gasteiger partial charge in [0.25, 0.3) is 0 Å². The smallest absolute Gasteiger partial charge is 0.224 e. The molecule has 2 unspecified atom stereocenters. The van der Waals surface area contributed by atoms with Gasteiger partial charge < -0.3 is 10.6 Å². The predicted molar refractivity (Wildman–Crippen MR) is 88.4 cm³/mol. The molecule has 1 saturated heterocycles. The van der Waals surface area contributed by atoms with Crippen LogP contribution < -0.4 is 10.6 Å². The van der Waals surface area contributed by atoms with Crippen LogP contribution in [-0.4, -0.2) is 19.0 Å². The lowest BCUT2D eigenvalue weighted by Crippen LogP contribution is -2.36. The van der Waals surface area contributed by atoms with Gasteiger partial charge in [0.2, 0.25) is 5.91 Å². The SMILES string of the molecule is O=C(NC(Cc1cccc(F)c1)c1cccc(F)c1)C1CCNC1. The zero-order valence-electron chi connectivity index (χ0n) is 13.3. The van der Waals surface area contributed by atoms with E-state index in [1.54, 1.807) is 24.3 Å². The summed E-state index contributed by atoms with van der Waals surface area (Å²) >= 11 is 0. The minimum Gasteiger partial charge on any atom is -0.349 e. The second-order valence-electron chi connectivity index (χ2n) is 6.14. The number of nitrogens with one attached hydrogen (secondary N) is 2. The molecule has 1 aliphatic heterocycles. The van der Waals surface area contributed by atoms with E-state index in [4.69, 9.17) is 0 Å². The molecule has 3 nitrogen and oxygen atoms in total. The fourth-order valence-corrected chi connectivity index (χ4v) is 3.04. The molecular formula is C19H20F2N2O. The first-order valence-electron chi connectivity index (χ1n) is 8.13. The quantitative estimate of drug-likeness (QED) is 0.885. The number of hydrogen-bond donors (Lipinski definition) is 2. The van der Waals surface area contributed by atoms with Crippen LogP contribution in [0.4, 0.5) is 8.78 Å². The van der Waals surface area contributed by atoms with E-state index < -0.39 is 6.04 Å². The maximum absolute atomic E-state index is 13.6. The van der Waals surface area contributed by atoms with Crippen molar-refractivity contribution in [2.45, 2.75) is 18.9 Å². The Morgan fingerprint density at radius 3 is 2.58 bits per heavy atom. The van der Waals surface area contributed by atoms with Gasteiger partial charge in [0.1, 0.15) is 11.6 Å². The molecule has 1 fully saturated rings. The Labute approximate surface area is 140 Å². The fourth-order valence-electron chi connectivity index (χ4n) is 3.04. The molecule has 3 rings (SSSR count). The minimum atomic E-state index is -0.393. The Hall–Kier alpha value is -2.27. The van der Waals surface area contributed by atoms with Crippen molar-refractivity contribution in [3.63, 3.8) is 0 Å². The lowest BCUT2D eigenvalue weighted by Gasteiger charge is -2.21. The van der Waals surface area contributed by atoms with Gasteiger partial charge in [-0.1, -0.05) is 24.3 Å². The van der Waals surface area contributed by atoms with Gasteiger partial charge in [-0.25, -0.2) is 8.78 Å². The van der Waals surface area contributed by atoms with Gasteiger partial charge in [-0.15, -0.1) is 0 Å². The third kappa shape index (κ3) is 4.17. The highest BCUT2D eigenvalue weighted by molar-refractivity contribution is 5.79. The van der Waals surface area contributed by atoms with Crippen molar-refractivity contribution in [3.05, 3.63) is 71.3 Å². The summed E-state index contributed by atoms with van der Waals surface area (Å²) in [7, 11) is 0. The molecule has 1 heterocycles. The number of carbonyl (C=O) groups excluding carboxylic acids is 1. The monoisotopic (exact) mass is 330 g/mol. The first kappa shape index (κ1) is 16.6. The van der Waals surface area contributed by atoms with Crippen molar-refractivity contribution in [3.8, 4) is 0 Å². The van der Waals surface area contributed by atoms with Gasteiger partial charge in [0.05, 0.1) is 12.0 Å². The number of carbonyl (C=O) groups is 1. The van der Waals surface area contributed by atoms with E-state index in [1.165, 1.54) is 24.3 Å². The van der Waals surface area contributed by atoms with E-state index >= 15 is 0 Å². The van der Waals surface area contributed by atoms with Crippen LogP contribution in [0.3, 0.4) is 0 Å². The second kappa shape index (κ2) is 7.53. The van der Waals surface area contributed by atoms with E-state index in [9.17, 15) is 13.6 Å². The molecular weight excluding hydrogens is 310 g/mol. The average Bonchev–Trinajstić information content (AvgIpc) is 3.09. The van der Waals surface area contributed by atoms with Crippen molar-refractivity contribution in [1.82, 2.24) is 10.6 Å². The van der Waals surface area contributed by atoms with Crippen LogP contribution in [0.25, 0.3) is 0 Å². The lowest BCUT2D eigenvalue weighted by molar-refractivity contribution is -0.125. The van der Waals surface area contributed by atoms with Crippen molar-refractivity contribution < 1.29 is 13.6 Å². The summed E-state index contributed by atoms with van der Waals surface area (Å²) in [5.41, 5.74) is 1.44. The third-order valence-electron chi connectivity index (χ3n) is 4.33. The van der Waals surface area contributed by atoms with E-state index in [0.717, 1.165) is 18.5 Å². The number of amides is 1. The van der Waals surface area contributed by atoms with E-state index in [1.807, 2.05) is 0 Å². The van der Waals surface area contributed by atoms with Gasteiger partial charge in [-0.05, 0) is 54.8 Å². The highest BCUT2D eigenvalue weighted by atomic mass is 19.1. The Balaban J connectivity index is 1.81. The molecule has 0 saturated carbocycles. The maximum Gasteiger partial charge on any atom is 0.224 e. The van der Waals surface area contributed by atoms with Crippen molar-refractivity contribution in [2.75, 3.05) is 13.1 Å². The molecule has 126 valence electrons. The zero-order valence-corrected chi connectivity index (χ0v) is 13.3. The molecule has 1 amide bonds. The molecule has 0 radical (unpaired) electrons. The Morgan fingerprint density at radius 2 is 1.92 bits per heavy atom. The molecule has 5 heteroatoms. The number of benzene rings is 2. The summed E-state index contributed by atoms with van der Waals surface area (Å²) in [6, 6.07) is 12.0. The van der Waals surface area contributed by atoms with E-state index in [2.05, 4.69) is 10.6 Å². The highest BCUT2D eigenvalue weighted by Gasteiger charge is 2.25. The van der Waals surface area contributed by atoms with Crippen LogP contribution in [0, 0.1) is 17.6 Å². The van der Waals surface area contributed by atoms with Crippen LogP contribution in [0.1, 0.15) is 23.6 Å². The molecule has 0 aromatic heterocycles. The summed E-state index contributed by atoms with van der Waals surface area (Å²) in [4.78, 5) is 12.5. The standard InChI is InChI=1S/C19H20F2N2O/c20-16-5-1-3-13(9-16)10-18(14-4-2-6-17(21)11-14)23-19(24)15-7-8-22-12-15/h1-6,9,11,15,18,22H,7-8,10,12H2,(H,23,24). The number of rotatable bonds is 5. The summed E-state index contributed by atoms with van der Waals surface area (Å²) in [5, 5.41) is 6.16. The molecule has 2 aromatic rings. The van der Waals surface area contributed by atoms with Crippen molar-refractivity contribution in [1.29, 1.82) is 0 Å². The molecule has 2 N–H and O–H groups in total. The lowest BCUT2D eigenvalue weighted by atomic mass is 9.97. The van der Waals surface area contributed by atoms with E-state index in [-0.39, 0.29) is 23.5 Å². The fraction of sp³-hybridized carbons (Fsp3) is 0.316. The topological polar surface area (TPSA) is 41.1 Å². The molecule has 1 aliphatic rings. The third-order valence-corrected chi connectivity index (χ3v) is 4.33. The van der Waals surface area contributed by atoms with Gasteiger partial charge in [0, 0.05) is 6.54 Å². The largest absolute Gasteiger partial charge is 0.349 e. The molecule has 0 spiro atoms. The first-order chi connectivity index (χ1) is 11.6. The Kier molecular flexibility index (Phi) is 5.20. The van der Waals surface area contributed by atoms with Crippen LogP contribution in [0.5, 0.6) is 0 Å². The van der Waals surface area contributed by atoms with Gasteiger partial charge >= 0.3 is 0 Å². The van der Waals surface area contributed by atoms with Crippen molar-refractivity contribution in [2.24, 2.45) is 5.92 Å². The van der Waals surface area contributed by atoms with Gasteiger partial charge in [-0.2, -0.15) is 0 Å². The maximum atomic E-state index is 13.6. The Bertz CT molecular complexity index is 714. The van der Waals surface area contributed by atoms with Crippen LogP contribution in [-0.2, 0) is 11.2 Å². The summed E-state index contributed by atoms with van der Waals surface area (Å²) in [5.74, 6) is -0.801. The first-order valence-corrected chi connectivity index (χ1v) is 8.13. The summed E-state index contributed by atoms with van der Waals surface area (Å²) < 4.78 is 27.0. The summed E-state index contributed by atoms with van der Waals surface area (Å²) in [6.07, 6.45) is 1.20. The molecule has 0 aliphatic carbocycles. The van der Waals surface area contributed by atoms with Gasteiger partial charge in [0.15, 0.2) is 0 Å². The molecule has 24 heavy (non-hydrogen) atoms. The van der Waals surface area contributed by atoms with Gasteiger partial charge in [-0.3, -0.25) is 4.79 Å². The second-order valence-corrected chi connectivity index (χ2v) is 6.14. The zero-order chi connectivity index (χ0) is 16.9. The van der Waals surface area contributed by atoms with E-state index in [0.29, 0.717) is 18.5 Å². The molecule has 0 bridgehead atoms. The van der Waals surface area contributed by atoms with Crippen LogP contribution in [0.15, 0.2) is 48.5 Å². The highest BCUT2D eigenvalue weighted by Crippen LogP contribution is 2.21.